The van der Waals surface area contributed by atoms with Gasteiger partial charge in [0.25, 0.3) is 6.04 Å². The van der Waals surface area contributed by atoms with E-state index in [4.69, 9.17) is 11.6 Å². The predicted octanol–water partition coefficient (Wildman–Crippen LogP) is 2.90. The van der Waals surface area contributed by atoms with Gasteiger partial charge in [0, 0.05) is 15.6 Å². The Bertz CT molecular complexity index is 681. The molecule has 0 saturated carbocycles. The highest BCUT2D eigenvalue weighted by molar-refractivity contribution is 6.30. The van der Waals surface area contributed by atoms with Crippen LogP contribution in [0.25, 0.3) is 0 Å². The van der Waals surface area contributed by atoms with Crippen molar-refractivity contribution in [2.24, 2.45) is 4.99 Å². The van der Waals surface area contributed by atoms with Crippen LogP contribution in [0.1, 0.15) is 25.3 Å². The number of nitro groups is 1. The number of carboxylic acid groups (broad SMARTS) is 1. The number of nitrogens with zero attached hydrogens (tertiary/aromatic N) is 2. The van der Waals surface area contributed by atoms with E-state index in [-0.39, 0.29) is 17.0 Å². The van der Waals surface area contributed by atoms with Crippen LogP contribution in [-0.4, -0.2) is 27.8 Å². The van der Waals surface area contributed by atoms with Gasteiger partial charge in [0.2, 0.25) is 0 Å². The van der Waals surface area contributed by atoms with Gasteiger partial charge in [-0.2, -0.15) is 0 Å². The van der Waals surface area contributed by atoms with Crippen molar-refractivity contribution in [2.45, 2.75) is 25.8 Å². The molecule has 2 atom stereocenters. The fourth-order valence-electron chi connectivity index (χ4n) is 2.63. The van der Waals surface area contributed by atoms with E-state index >= 15 is 0 Å². The summed E-state index contributed by atoms with van der Waals surface area (Å²) in [6, 6.07) is 5.26. The molecule has 1 aliphatic heterocycles. The maximum absolute atomic E-state index is 11.5. The Morgan fingerprint density at radius 2 is 2.10 bits per heavy atom. The van der Waals surface area contributed by atoms with Crippen molar-refractivity contribution in [2.75, 3.05) is 0 Å². The molecule has 21 heavy (non-hydrogen) atoms. The number of allylic oxidation sites excluding steroid dienone is 1. The van der Waals surface area contributed by atoms with Gasteiger partial charge in [-0.05, 0) is 31.5 Å². The number of rotatable bonds is 3. The van der Waals surface area contributed by atoms with E-state index in [1.807, 2.05) is 0 Å². The lowest BCUT2D eigenvalue weighted by atomic mass is 9.80. The molecule has 0 fully saturated rings. The standard InChI is InChI=1S/C14H13ClN2O4/c1-7-11(14(18)19)12(9-4-3-5-10(15)6-9)13(17(20)21)8(2)16-7/h3-6,12-13H,1-2H3,(H,18,19). The van der Waals surface area contributed by atoms with Crippen molar-refractivity contribution in [3.05, 3.63) is 56.2 Å². The van der Waals surface area contributed by atoms with Crippen molar-refractivity contribution < 1.29 is 14.8 Å². The summed E-state index contributed by atoms with van der Waals surface area (Å²) in [7, 11) is 0. The molecule has 110 valence electrons. The Labute approximate surface area is 125 Å². The quantitative estimate of drug-likeness (QED) is 0.686. The monoisotopic (exact) mass is 308 g/mol. The number of carboxylic acids is 1. The molecule has 6 nitrogen and oxygen atoms in total. The minimum Gasteiger partial charge on any atom is -0.478 e. The van der Waals surface area contributed by atoms with Gasteiger partial charge in [0.1, 0.15) is 0 Å². The van der Waals surface area contributed by atoms with E-state index < -0.39 is 22.9 Å². The lowest BCUT2D eigenvalue weighted by Crippen LogP contribution is -2.39. The molecule has 0 aromatic heterocycles. The summed E-state index contributed by atoms with van der Waals surface area (Å²) in [5.74, 6) is -2.12. The molecule has 0 amide bonds. The van der Waals surface area contributed by atoms with E-state index in [9.17, 15) is 20.0 Å². The molecule has 0 bridgehead atoms. The summed E-state index contributed by atoms with van der Waals surface area (Å²) >= 11 is 5.93. The molecule has 1 heterocycles. The molecular weight excluding hydrogens is 296 g/mol. The molecule has 1 aromatic rings. The normalized spacial score (nSPS) is 22.0. The fraction of sp³-hybridized carbons (Fsp3) is 0.286. The summed E-state index contributed by atoms with van der Waals surface area (Å²) < 4.78 is 0. The Balaban J connectivity index is 2.68. The van der Waals surface area contributed by atoms with Crippen LogP contribution in [0.2, 0.25) is 5.02 Å². The van der Waals surface area contributed by atoms with Gasteiger partial charge in [-0.25, -0.2) is 4.79 Å². The smallest absolute Gasteiger partial charge is 0.334 e. The molecule has 2 rings (SSSR count). The first kappa shape index (κ1) is 15.2. The molecule has 0 spiro atoms. The molecule has 2 unspecified atom stereocenters. The maximum atomic E-state index is 11.5. The number of aliphatic imine (C=N–C) groups is 1. The van der Waals surface area contributed by atoms with Crippen molar-refractivity contribution in [3.63, 3.8) is 0 Å². The summed E-state index contributed by atoms with van der Waals surface area (Å²) in [4.78, 5) is 26.4. The Hall–Kier alpha value is -2.21. The molecule has 0 aliphatic carbocycles. The Morgan fingerprint density at radius 1 is 1.43 bits per heavy atom. The van der Waals surface area contributed by atoms with Gasteiger partial charge in [0.15, 0.2) is 0 Å². The number of carbonyl (C=O) groups is 1. The van der Waals surface area contributed by atoms with Crippen molar-refractivity contribution in [1.29, 1.82) is 0 Å². The van der Waals surface area contributed by atoms with E-state index in [2.05, 4.69) is 4.99 Å². The lowest BCUT2D eigenvalue weighted by Gasteiger charge is -2.26. The third kappa shape index (κ3) is 2.80. The number of hydrogen-bond acceptors (Lipinski definition) is 4. The van der Waals surface area contributed by atoms with E-state index in [0.29, 0.717) is 10.6 Å². The largest absolute Gasteiger partial charge is 0.478 e. The molecule has 0 saturated heterocycles. The first-order valence-electron chi connectivity index (χ1n) is 6.21. The minimum absolute atomic E-state index is 0.0652. The van der Waals surface area contributed by atoms with Crippen LogP contribution in [0.5, 0.6) is 0 Å². The second-order valence-corrected chi connectivity index (χ2v) is 5.26. The van der Waals surface area contributed by atoms with Crippen LogP contribution in [-0.2, 0) is 4.79 Å². The zero-order valence-corrected chi connectivity index (χ0v) is 12.2. The van der Waals surface area contributed by atoms with Crippen LogP contribution in [0.4, 0.5) is 0 Å². The fourth-order valence-corrected chi connectivity index (χ4v) is 2.82. The number of hydrogen-bond donors (Lipinski definition) is 1. The van der Waals surface area contributed by atoms with Gasteiger partial charge in [0.05, 0.1) is 17.2 Å². The lowest BCUT2D eigenvalue weighted by molar-refractivity contribution is -0.505. The van der Waals surface area contributed by atoms with E-state index in [1.54, 1.807) is 31.2 Å². The molecule has 1 aromatic carbocycles. The van der Waals surface area contributed by atoms with Gasteiger partial charge >= 0.3 is 5.97 Å². The topological polar surface area (TPSA) is 92.8 Å². The Morgan fingerprint density at radius 3 is 2.62 bits per heavy atom. The van der Waals surface area contributed by atoms with E-state index in [0.717, 1.165) is 0 Å². The molecule has 7 heteroatoms. The average molecular weight is 309 g/mol. The zero-order chi connectivity index (χ0) is 15.7. The highest BCUT2D eigenvalue weighted by Gasteiger charge is 2.44. The first-order valence-corrected chi connectivity index (χ1v) is 6.59. The predicted molar refractivity (Wildman–Crippen MR) is 78.4 cm³/mol. The van der Waals surface area contributed by atoms with Crippen LogP contribution in [0.15, 0.2) is 40.5 Å². The number of halogens is 1. The molecule has 1 N–H and O–H groups in total. The van der Waals surface area contributed by atoms with Gasteiger partial charge in [-0.15, -0.1) is 0 Å². The Kier molecular flexibility index (Phi) is 4.09. The van der Waals surface area contributed by atoms with Crippen LogP contribution in [0.3, 0.4) is 0 Å². The average Bonchev–Trinajstić information content (AvgIpc) is 2.36. The third-order valence-corrected chi connectivity index (χ3v) is 3.69. The first-order chi connectivity index (χ1) is 9.82. The van der Waals surface area contributed by atoms with Crippen LogP contribution < -0.4 is 0 Å². The second-order valence-electron chi connectivity index (χ2n) is 4.82. The molecule has 1 aliphatic rings. The second kappa shape index (κ2) is 5.65. The van der Waals surface area contributed by atoms with Crippen LogP contribution in [0, 0.1) is 10.1 Å². The molecule has 0 radical (unpaired) electrons. The van der Waals surface area contributed by atoms with Gasteiger partial charge in [-0.3, -0.25) is 15.1 Å². The van der Waals surface area contributed by atoms with Crippen LogP contribution >= 0.6 is 11.6 Å². The van der Waals surface area contributed by atoms with E-state index in [1.165, 1.54) is 6.92 Å². The number of aliphatic carboxylic acids is 1. The summed E-state index contributed by atoms with van der Waals surface area (Å²) in [6.45, 7) is 3.08. The molecular formula is C14H13ClN2O4. The zero-order valence-electron chi connectivity index (χ0n) is 11.4. The number of benzene rings is 1. The highest BCUT2D eigenvalue weighted by atomic mass is 35.5. The highest BCUT2D eigenvalue weighted by Crippen LogP contribution is 2.37. The minimum atomic E-state index is -1.21. The summed E-state index contributed by atoms with van der Waals surface area (Å²) in [5, 5.41) is 21.2. The van der Waals surface area contributed by atoms with Gasteiger partial charge < -0.3 is 5.11 Å². The maximum Gasteiger partial charge on any atom is 0.334 e. The van der Waals surface area contributed by atoms with Crippen molar-refractivity contribution >= 4 is 23.3 Å². The van der Waals surface area contributed by atoms with Crippen molar-refractivity contribution in [3.8, 4) is 0 Å². The SMILES string of the molecule is CC1=NC(C)=C(C(=O)O)C(c2cccc(Cl)c2)C1[N+](=O)[O-]. The van der Waals surface area contributed by atoms with Gasteiger partial charge in [-0.1, -0.05) is 23.7 Å². The summed E-state index contributed by atoms with van der Waals surface area (Å²) in [5.41, 5.74) is 0.996. The van der Waals surface area contributed by atoms with Crippen molar-refractivity contribution in [1.82, 2.24) is 0 Å². The summed E-state index contributed by atoms with van der Waals surface area (Å²) in [6.07, 6.45) is 0. The third-order valence-electron chi connectivity index (χ3n) is 3.45.